The summed E-state index contributed by atoms with van der Waals surface area (Å²) in [5.41, 5.74) is 1.12. The third-order valence-electron chi connectivity index (χ3n) is 3.93. The molecular formula is C22H16O2. The average Bonchev–Trinajstić information content (AvgIpc) is 3.30. The Kier molecular flexibility index (Phi) is 3.86. The Morgan fingerprint density at radius 2 is 1.08 bits per heavy atom. The van der Waals surface area contributed by atoms with Gasteiger partial charge in [0.05, 0.1) is 18.8 Å². The van der Waals surface area contributed by atoms with Crippen molar-refractivity contribution < 1.29 is 8.83 Å². The Bertz CT molecular complexity index is 1020. The molecule has 0 aliphatic rings. The van der Waals surface area contributed by atoms with Gasteiger partial charge in [-0.15, -0.1) is 0 Å². The van der Waals surface area contributed by atoms with Gasteiger partial charge in [0.1, 0.15) is 5.76 Å². The largest absolute Gasteiger partial charge is 0.471 e. The van der Waals surface area contributed by atoms with Crippen molar-refractivity contribution in [2.45, 2.75) is 0 Å². The van der Waals surface area contributed by atoms with Crippen LogP contribution >= 0.6 is 0 Å². The first-order valence-electron chi connectivity index (χ1n) is 7.84. The van der Waals surface area contributed by atoms with Crippen LogP contribution in [0.5, 0.6) is 0 Å². The first kappa shape index (κ1) is 14.3. The van der Waals surface area contributed by atoms with Crippen molar-refractivity contribution in [1.82, 2.24) is 0 Å². The third-order valence-corrected chi connectivity index (χ3v) is 3.93. The first-order chi connectivity index (χ1) is 11.9. The molecule has 2 heterocycles. The van der Waals surface area contributed by atoms with Crippen LogP contribution in [0.15, 0.2) is 106 Å². The molecule has 0 saturated heterocycles. The average molecular weight is 312 g/mol. The highest BCUT2D eigenvalue weighted by atomic mass is 16.3. The van der Waals surface area contributed by atoms with Crippen molar-refractivity contribution in [2.75, 3.05) is 0 Å². The van der Waals surface area contributed by atoms with Gasteiger partial charge in [0.25, 0.3) is 0 Å². The molecule has 0 atom stereocenters. The lowest BCUT2D eigenvalue weighted by Gasteiger charge is -1.96. The summed E-state index contributed by atoms with van der Waals surface area (Å²) in [7, 11) is 0. The van der Waals surface area contributed by atoms with Gasteiger partial charge in [-0.1, -0.05) is 78.9 Å². The minimum absolute atomic E-state index is 0.950. The van der Waals surface area contributed by atoms with Gasteiger partial charge in [-0.05, 0) is 0 Å². The van der Waals surface area contributed by atoms with E-state index in [2.05, 4.69) is 24.3 Å². The van der Waals surface area contributed by atoms with Crippen LogP contribution in [0.1, 0.15) is 0 Å². The van der Waals surface area contributed by atoms with Crippen molar-refractivity contribution >= 4 is 21.5 Å². The van der Waals surface area contributed by atoms with Crippen LogP contribution in [0.25, 0.3) is 32.9 Å². The summed E-state index contributed by atoms with van der Waals surface area (Å²) >= 11 is 0. The van der Waals surface area contributed by atoms with Crippen molar-refractivity contribution in [2.24, 2.45) is 0 Å². The number of benzene rings is 3. The van der Waals surface area contributed by atoms with Gasteiger partial charge in [0.15, 0.2) is 0 Å². The summed E-state index contributed by atoms with van der Waals surface area (Å²) in [5.74, 6) is 0.950. The number of rotatable bonds is 1. The summed E-state index contributed by atoms with van der Waals surface area (Å²) in [5, 5.41) is 4.65. The molecule has 2 aromatic heterocycles. The zero-order chi connectivity index (χ0) is 16.2. The Balaban J connectivity index is 0.000000138. The topological polar surface area (TPSA) is 26.3 Å². The second-order valence-electron chi connectivity index (χ2n) is 5.52. The molecule has 5 rings (SSSR count). The summed E-state index contributed by atoms with van der Waals surface area (Å²) in [6.07, 6.45) is 5.29. The van der Waals surface area contributed by atoms with E-state index in [4.69, 9.17) is 8.83 Å². The molecule has 0 fully saturated rings. The molecule has 0 saturated carbocycles. The summed E-state index contributed by atoms with van der Waals surface area (Å²) in [6, 6.07) is 26.4. The molecule has 0 aliphatic carbocycles. The van der Waals surface area contributed by atoms with Crippen molar-refractivity contribution in [3.05, 3.63) is 97.7 Å². The highest BCUT2D eigenvalue weighted by molar-refractivity contribution is 5.93. The molecule has 0 N–H and O–H groups in total. The molecule has 3 aromatic carbocycles. The van der Waals surface area contributed by atoms with Crippen molar-refractivity contribution in [1.29, 1.82) is 0 Å². The summed E-state index contributed by atoms with van der Waals surface area (Å²) < 4.78 is 10.6. The van der Waals surface area contributed by atoms with E-state index in [1.54, 1.807) is 18.8 Å². The molecule has 2 heteroatoms. The second kappa shape index (κ2) is 6.47. The fourth-order valence-corrected chi connectivity index (χ4v) is 2.71. The third kappa shape index (κ3) is 2.82. The van der Waals surface area contributed by atoms with Crippen molar-refractivity contribution in [3.63, 3.8) is 0 Å². The van der Waals surface area contributed by atoms with E-state index < -0.39 is 0 Å². The monoisotopic (exact) mass is 312 g/mol. The molecule has 24 heavy (non-hydrogen) atoms. The highest BCUT2D eigenvalue weighted by Gasteiger charge is 2.06. The van der Waals surface area contributed by atoms with E-state index in [0.29, 0.717) is 0 Å². The van der Waals surface area contributed by atoms with Gasteiger partial charge in [0, 0.05) is 27.1 Å². The van der Waals surface area contributed by atoms with E-state index in [-0.39, 0.29) is 0 Å². The molecule has 0 bridgehead atoms. The molecule has 0 radical (unpaired) electrons. The number of fused-ring (bicyclic) bond motifs is 2. The lowest BCUT2D eigenvalue weighted by atomic mass is 10.1. The molecule has 0 aliphatic heterocycles. The maximum atomic E-state index is 5.60. The van der Waals surface area contributed by atoms with Gasteiger partial charge < -0.3 is 8.83 Å². The van der Waals surface area contributed by atoms with Crippen LogP contribution in [0.4, 0.5) is 0 Å². The van der Waals surface area contributed by atoms with Crippen LogP contribution < -0.4 is 0 Å². The lowest BCUT2D eigenvalue weighted by molar-refractivity contribution is 0.572. The molecular weight excluding hydrogens is 296 g/mol. The molecule has 0 unspecified atom stereocenters. The SMILES string of the molecule is c1ccc(-c2occ3ccccc23)cc1.c1ccc2cocc2c1. The molecule has 116 valence electrons. The smallest absolute Gasteiger partial charge is 0.141 e. The maximum absolute atomic E-state index is 5.60. The Morgan fingerprint density at radius 1 is 0.500 bits per heavy atom. The van der Waals surface area contributed by atoms with E-state index >= 15 is 0 Å². The highest BCUT2D eigenvalue weighted by Crippen LogP contribution is 2.29. The van der Waals surface area contributed by atoms with Crippen LogP contribution in [-0.4, -0.2) is 0 Å². The van der Waals surface area contributed by atoms with Gasteiger partial charge in [-0.3, -0.25) is 0 Å². The Morgan fingerprint density at radius 3 is 1.79 bits per heavy atom. The van der Waals surface area contributed by atoms with Crippen LogP contribution in [0, 0.1) is 0 Å². The summed E-state index contributed by atoms with van der Waals surface area (Å²) in [4.78, 5) is 0. The predicted octanol–water partition coefficient (Wildman–Crippen LogP) is 6.53. The van der Waals surface area contributed by atoms with Gasteiger partial charge in [-0.25, -0.2) is 0 Å². The minimum atomic E-state index is 0.950. The van der Waals surface area contributed by atoms with Crippen LogP contribution in [0.2, 0.25) is 0 Å². The number of furan rings is 2. The molecule has 2 nitrogen and oxygen atoms in total. The lowest BCUT2D eigenvalue weighted by Crippen LogP contribution is -1.73. The van der Waals surface area contributed by atoms with E-state index in [1.165, 1.54) is 5.39 Å². The predicted molar refractivity (Wildman–Crippen MR) is 97.9 cm³/mol. The molecule has 0 spiro atoms. The first-order valence-corrected chi connectivity index (χ1v) is 7.84. The molecule has 5 aromatic rings. The Labute approximate surface area is 140 Å². The zero-order valence-corrected chi connectivity index (χ0v) is 13.1. The van der Waals surface area contributed by atoms with Gasteiger partial charge in [-0.2, -0.15) is 0 Å². The minimum Gasteiger partial charge on any atom is -0.471 e. The van der Waals surface area contributed by atoms with E-state index in [9.17, 15) is 0 Å². The zero-order valence-electron chi connectivity index (χ0n) is 13.1. The van der Waals surface area contributed by atoms with Gasteiger partial charge in [0.2, 0.25) is 0 Å². The van der Waals surface area contributed by atoms with Crippen molar-refractivity contribution in [3.8, 4) is 11.3 Å². The number of hydrogen-bond acceptors (Lipinski definition) is 2. The van der Waals surface area contributed by atoms with Crippen LogP contribution in [-0.2, 0) is 0 Å². The summed E-state index contributed by atoms with van der Waals surface area (Å²) in [6.45, 7) is 0. The standard InChI is InChI=1S/C14H10O.C8H6O/c1-2-6-11(7-3-1)14-13-9-5-4-8-12(13)10-15-14;1-2-4-8-6-9-5-7(8)3-1/h1-10H;1-6H. The van der Waals surface area contributed by atoms with Crippen LogP contribution in [0.3, 0.4) is 0 Å². The van der Waals surface area contributed by atoms with Gasteiger partial charge >= 0.3 is 0 Å². The quantitative estimate of drug-likeness (QED) is 0.351. The Hall–Kier alpha value is -3.26. The maximum Gasteiger partial charge on any atom is 0.141 e. The fourth-order valence-electron chi connectivity index (χ4n) is 2.71. The molecule has 0 amide bonds. The fraction of sp³-hybridized carbons (Fsp3) is 0. The van der Waals surface area contributed by atoms with E-state index in [0.717, 1.165) is 27.5 Å². The second-order valence-corrected chi connectivity index (χ2v) is 5.52. The normalized spacial score (nSPS) is 10.5. The van der Waals surface area contributed by atoms with E-state index in [1.807, 2.05) is 54.6 Å². The number of hydrogen-bond donors (Lipinski definition) is 0.